The Labute approximate surface area is 471 Å². The number of carbonyl (C=O) groups is 2. The number of carbonyl (C=O) groups excluding carboxylic acids is 2. The maximum absolute atomic E-state index is 12.3. The van der Waals surface area contributed by atoms with Crippen molar-refractivity contribution in [2.75, 3.05) is 13.2 Å². The fourth-order valence-electron chi connectivity index (χ4n) is 9.22. The zero-order chi connectivity index (χ0) is 54.8. The van der Waals surface area contributed by atoms with E-state index in [1.54, 1.807) is 0 Å². The van der Waals surface area contributed by atoms with E-state index in [1.807, 2.05) is 0 Å². The van der Waals surface area contributed by atoms with Crippen LogP contribution in [0.5, 0.6) is 0 Å². The number of aliphatic hydroxyl groups excluding tert-OH is 1. The number of rotatable bonds is 59. The number of hydrogen-bond donors (Lipinski definition) is 1. The van der Waals surface area contributed by atoms with Gasteiger partial charge in [-0.2, -0.15) is 0 Å². The summed E-state index contributed by atoms with van der Waals surface area (Å²) in [6, 6.07) is 0. The molecule has 0 aromatic rings. The van der Waals surface area contributed by atoms with Crippen molar-refractivity contribution in [1.29, 1.82) is 0 Å². The fraction of sp³-hybridized carbons (Fsp3) is 0.718. The first-order valence-corrected chi connectivity index (χ1v) is 32.4. The molecule has 1 unspecified atom stereocenters. The van der Waals surface area contributed by atoms with Gasteiger partial charge in [0, 0.05) is 12.8 Å². The van der Waals surface area contributed by atoms with Crippen LogP contribution in [-0.2, 0) is 19.1 Å². The molecule has 0 radical (unpaired) electrons. The molecule has 5 heteroatoms. The van der Waals surface area contributed by atoms with Gasteiger partial charge in [0.1, 0.15) is 6.61 Å². The average Bonchev–Trinajstić information content (AvgIpc) is 3.42. The lowest BCUT2D eigenvalue weighted by Gasteiger charge is -2.15. The third-order valence-electron chi connectivity index (χ3n) is 14.1. The topological polar surface area (TPSA) is 72.8 Å². The van der Waals surface area contributed by atoms with Crippen LogP contribution in [0.1, 0.15) is 309 Å². The van der Waals surface area contributed by atoms with Crippen LogP contribution in [0, 0.1) is 0 Å². The minimum absolute atomic E-state index is 0.0874. The van der Waals surface area contributed by atoms with Gasteiger partial charge >= 0.3 is 11.9 Å². The normalized spacial score (nSPS) is 12.9. The van der Waals surface area contributed by atoms with Crippen LogP contribution in [-0.4, -0.2) is 36.4 Å². The van der Waals surface area contributed by atoms with E-state index < -0.39 is 6.10 Å². The molecule has 0 aliphatic carbocycles. The standard InChI is InChI=1S/C71H122O5/c1-3-5-7-9-11-13-15-17-19-21-23-25-27-29-31-32-33-34-35-36-37-38-40-41-43-45-47-49-51-53-55-57-59-61-63-65-70(73)75-68-69(67-72)76-71(74)66-64-62-60-58-56-54-52-50-48-46-44-42-39-30-28-26-24-22-20-18-16-14-12-10-8-6-4-2/h6,8,12,14,18,20-21,23-24,26,30,39,44,46,50,52,56,58,69,72H,3-5,7,9-11,13,15-17,19,22,25,27-29,31-38,40-43,45,47-49,51,53-55,57,59-68H2,1-2H3/b8-6-,14-12-,20-18-,23-21-,26-24-,39-30-,46-44-,52-50-,58-56-. The summed E-state index contributed by atoms with van der Waals surface area (Å²) in [6.07, 6.45) is 95.3. The minimum Gasteiger partial charge on any atom is -0.462 e. The molecule has 436 valence electrons. The molecule has 5 nitrogen and oxygen atoms in total. The van der Waals surface area contributed by atoms with E-state index in [1.165, 1.54) is 193 Å². The van der Waals surface area contributed by atoms with Gasteiger partial charge < -0.3 is 14.6 Å². The van der Waals surface area contributed by atoms with Crippen LogP contribution < -0.4 is 0 Å². The Morgan fingerprint density at radius 2 is 0.566 bits per heavy atom. The molecule has 0 heterocycles. The SMILES string of the molecule is CC/C=C\C/C=C\C/C=C\C/C=C\C/C=C\C/C=C\C/C=C\C/C=C\CCCCC(=O)OC(CO)COC(=O)CCCCCCCCCCCCCCCCCCCCCCCCC/C=C\CCCCCCCCCC. The monoisotopic (exact) mass is 1050 g/mol. The molecule has 0 spiro atoms. The number of ether oxygens (including phenoxy) is 2. The molecule has 0 aromatic heterocycles. The maximum Gasteiger partial charge on any atom is 0.306 e. The smallest absolute Gasteiger partial charge is 0.306 e. The maximum atomic E-state index is 12.3. The predicted molar refractivity (Wildman–Crippen MR) is 334 cm³/mol. The Kier molecular flexibility index (Phi) is 62.9. The van der Waals surface area contributed by atoms with E-state index >= 15 is 0 Å². The van der Waals surface area contributed by atoms with Gasteiger partial charge in [-0.1, -0.05) is 303 Å². The van der Waals surface area contributed by atoms with Gasteiger partial charge in [0.05, 0.1) is 6.61 Å². The predicted octanol–water partition coefficient (Wildman–Crippen LogP) is 22.4. The van der Waals surface area contributed by atoms with E-state index in [2.05, 4.69) is 123 Å². The van der Waals surface area contributed by atoms with Crippen LogP contribution in [0.2, 0.25) is 0 Å². The third kappa shape index (κ3) is 63.1. The molecule has 1 N–H and O–H groups in total. The van der Waals surface area contributed by atoms with Crippen LogP contribution in [0.3, 0.4) is 0 Å². The first-order valence-electron chi connectivity index (χ1n) is 32.4. The Morgan fingerprint density at radius 3 is 0.895 bits per heavy atom. The van der Waals surface area contributed by atoms with E-state index in [-0.39, 0.29) is 25.2 Å². The largest absolute Gasteiger partial charge is 0.462 e. The number of aliphatic hydroxyl groups is 1. The summed E-state index contributed by atoms with van der Waals surface area (Å²) in [5, 5.41) is 9.67. The lowest BCUT2D eigenvalue weighted by atomic mass is 10.0. The first-order chi connectivity index (χ1) is 37.6. The molecule has 0 rings (SSSR count). The Bertz CT molecular complexity index is 1470. The van der Waals surface area contributed by atoms with E-state index in [4.69, 9.17) is 9.47 Å². The van der Waals surface area contributed by atoms with Crippen LogP contribution in [0.15, 0.2) is 109 Å². The summed E-state index contributed by atoms with van der Waals surface area (Å²) < 4.78 is 10.7. The summed E-state index contributed by atoms with van der Waals surface area (Å²) in [5.74, 6) is -0.638. The van der Waals surface area contributed by atoms with Crippen molar-refractivity contribution in [3.63, 3.8) is 0 Å². The molecule has 0 saturated carbocycles. The molecule has 1 atom stereocenters. The van der Waals surface area contributed by atoms with Crippen molar-refractivity contribution in [1.82, 2.24) is 0 Å². The average molecular weight is 1060 g/mol. The Morgan fingerprint density at radius 1 is 0.316 bits per heavy atom. The summed E-state index contributed by atoms with van der Waals surface area (Å²) in [4.78, 5) is 24.6. The highest BCUT2D eigenvalue weighted by Crippen LogP contribution is 2.17. The molecule has 0 aromatic carbocycles. The van der Waals surface area contributed by atoms with Gasteiger partial charge in [0.15, 0.2) is 6.10 Å². The summed E-state index contributed by atoms with van der Waals surface area (Å²) in [5.41, 5.74) is 0. The lowest BCUT2D eigenvalue weighted by molar-refractivity contribution is -0.161. The lowest BCUT2D eigenvalue weighted by Crippen LogP contribution is -2.28. The molecule has 0 amide bonds. The van der Waals surface area contributed by atoms with Crippen molar-refractivity contribution in [3.05, 3.63) is 109 Å². The van der Waals surface area contributed by atoms with Crippen molar-refractivity contribution in [2.45, 2.75) is 315 Å². The van der Waals surface area contributed by atoms with Crippen molar-refractivity contribution in [3.8, 4) is 0 Å². The highest BCUT2D eigenvalue weighted by atomic mass is 16.6. The molecule has 76 heavy (non-hydrogen) atoms. The molecule has 0 aliphatic rings. The van der Waals surface area contributed by atoms with Crippen molar-refractivity contribution >= 4 is 11.9 Å². The van der Waals surface area contributed by atoms with Crippen molar-refractivity contribution in [2.24, 2.45) is 0 Å². The van der Waals surface area contributed by atoms with Gasteiger partial charge in [0.2, 0.25) is 0 Å². The van der Waals surface area contributed by atoms with Gasteiger partial charge in [0.25, 0.3) is 0 Å². The fourth-order valence-corrected chi connectivity index (χ4v) is 9.22. The van der Waals surface area contributed by atoms with E-state index in [0.29, 0.717) is 12.8 Å². The first kappa shape index (κ1) is 72.6. The Hall–Kier alpha value is -3.44. The number of allylic oxidation sites excluding steroid dienone is 18. The van der Waals surface area contributed by atoms with Crippen LogP contribution in [0.25, 0.3) is 0 Å². The second-order valence-electron chi connectivity index (χ2n) is 21.5. The zero-order valence-electron chi connectivity index (χ0n) is 50.0. The molecule has 0 saturated heterocycles. The summed E-state index contributed by atoms with van der Waals surface area (Å²) in [7, 11) is 0. The highest BCUT2D eigenvalue weighted by Gasteiger charge is 2.16. The molecule has 0 bridgehead atoms. The van der Waals surface area contributed by atoms with Gasteiger partial charge in [-0.15, -0.1) is 0 Å². The second-order valence-corrected chi connectivity index (χ2v) is 21.5. The van der Waals surface area contributed by atoms with Gasteiger partial charge in [-0.25, -0.2) is 0 Å². The van der Waals surface area contributed by atoms with Gasteiger partial charge in [-0.3, -0.25) is 9.59 Å². The number of hydrogen-bond acceptors (Lipinski definition) is 5. The zero-order valence-corrected chi connectivity index (χ0v) is 50.0. The molecule has 0 fully saturated rings. The Balaban J connectivity index is 3.51. The quantitative estimate of drug-likeness (QED) is 0.0373. The minimum atomic E-state index is -0.803. The highest BCUT2D eigenvalue weighted by molar-refractivity contribution is 5.70. The van der Waals surface area contributed by atoms with Gasteiger partial charge in [-0.05, 0) is 103 Å². The third-order valence-corrected chi connectivity index (χ3v) is 14.1. The van der Waals surface area contributed by atoms with E-state index in [0.717, 1.165) is 89.9 Å². The molecular weight excluding hydrogens is 933 g/mol. The molecule has 0 aliphatic heterocycles. The number of esters is 2. The second kappa shape index (κ2) is 65.8. The van der Waals surface area contributed by atoms with Crippen LogP contribution in [0.4, 0.5) is 0 Å². The molecular formula is C71H122O5. The van der Waals surface area contributed by atoms with E-state index in [9.17, 15) is 14.7 Å². The summed E-state index contributed by atoms with van der Waals surface area (Å²) in [6.45, 7) is 4.01. The van der Waals surface area contributed by atoms with Crippen LogP contribution >= 0.6 is 0 Å². The van der Waals surface area contributed by atoms with Crippen molar-refractivity contribution < 1.29 is 24.2 Å². The number of unbranched alkanes of at least 4 members (excludes halogenated alkanes) is 33. The summed E-state index contributed by atoms with van der Waals surface area (Å²) >= 11 is 0.